The number of nitrogens with one attached hydrogen (secondary N) is 3. The highest BCUT2D eigenvalue weighted by Crippen LogP contribution is 2.45. The van der Waals surface area contributed by atoms with E-state index in [1.54, 1.807) is 0 Å². The van der Waals surface area contributed by atoms with Crippen molar-refractivity contribution in [3.05, 3.63) is 53.6 Å². The molecule has 2 aliphatic heterocycles. The Balaban J connectivity index is 1.70. The summed E-state index contributed by atoms with van der Waals surface area (Å²) in [5, 5.41) is 10.6. The number of hydrogen-bond donors (Lipinski definition) is 3. The van der Waals surface area contributed by atoms with E-state index >= 15 is 0 Å². The smallest absolute Gasteiger partial charge is 0.123 e. The Labute approximate surface area is 119 Å². The third-order valence-corrected chi connectivity index (χ3v) is 4.34. The molecule has 0 radical (unpaired) electrons. The summed E-state index contributed by atoms with van der Waals surface area (Å²) in [5.41, 5.74) is 6.51. The molecule has 0 spiro atoms. The zero-order valence-electron chi connectivity index (χ0n) is 11.8. The molecular formula is C17H19N3. The van der Waals surface area contributed by atoms with Gasteiger partial charge in [-0.15, -0.1) is 0 Å². The minimum atomic E-state index is 0.164. The normalized spacial score (nSPS) is 21.4. The third-order valence-electron chi connectivity index (χ3n) is 4.34. The van der Waals surface area contributed by atoms with Crippen molar-refractivity contribution >= 4 is 17.1 Å². The molecule has 1 unspecified atom stereocenters. The predicted molar refractivity (Wildman–Crippen MR) is 84.4 cm³/mol. The van der Waals surface area contributed by atoms with E-state index < -0.39 is 0 Å². The number of anilines is 3. The van der Waals surface area contributed by atoms with Gasteiger partial charge in [-0.3, -0.25) is 0 Å². The minimum Gasteiger partial charge on any atom is -0.384 e. The highest BCUT2D eigenvalue weighted by atomic mass is 15.2. The van der Waals surface area contributed by atoms with Crippen LogP contribution in [0.2, 0.25) is 0 Å². The quantitative estimate of drug-likeness (QED) is 0.731. The van der Waals surface area contributed by atoms with E-state index in [0.717, 1.165) is 6.54 Å². The Hall–Kier alpha value is -2.16. The fourth-order valence-electron chi connectivity index (χ4n) is 3.12. The van der Waals surface area contributed by atoms with Gasteiger partial charge in [-0.1, -0.05) is 44.2 Å². The lowest BCUT2D eigenvalue weighted by atomic mass is 9.86. The van der Waals surface area contributed by atoms with E-state index in [9.17, 15) is 0 Å². The van der Waals surface area contributed by atoms with Gasteiger partial charge in [0.2, 0.25) is 0 Å². The van der Waals surface area contributed by atoms with Crippen LogP contribution in [-0.2, 0) is 5.41 Å². The lowest BCUT2D eigenvalue weighted by Crippen LogP contribution is -2.19. The summed E-state index contributed by atoms with van der Waals surface area (Å²) in [7, 11) is 0. The maximum absolute atomic E-state index is 3.58. The predicted octanol–water partition coefficient (Wildman–Crippen LogP) is 3.93. The molecule has 0 bridgehead atoms. The molecule has 0 saturated carbocycles. The average Bonchev–Trinajstić information content (AvgIpc) is 2.99. The number of rotatable bonds is 1. The van der Waals surface area contributed by atoms with Crippen LogP contribution in [0.4, 0.5) is 17.1 Å². The van der Waals surface area contributed by atoms with Crippen molar-refractivity contribution in [3.8, 4) is 0 Å². The second kappa shape index (κ2) is 3.92. The van der Waals surface area contributed by atoms with Crippen molar-refractivity contribution < 1.29 is 0 Å². The van der Waals surface area contributed by atoms with Crippen molar-refractivity contribution in [2.45, 2.75) is 25.4 Å². The lowest BCUT2D eigenvalue weighted by molar-refractivity contribution is 0.586. The molecule has 2 aromatic rings. The van der Waals surface area contributed by atoms with Gasteiger partial charge in [0.1, 0.15) is 6.17 Å². The minimum absolute atomic E-state index is 0.164. The van der Waals surface area contributed by atoms with Crippen LogP contribution >= 0.6 is 0 Å². The Morgan fingerprint density at radius 2 is 1.65 bits per heavy atom. The zero-order chi connectivity index (χ0) is 13.7. The van der Waals surface area contributed by atoms with Crippen molar-refractivity contribution in [3.63, 3.8) is 0 Å². The van der Waals surface area contributed by atoms with Crippen molar-refractivity contribution in [2.24, 2.45) is 0 Å². The molecule has 4 rings (SSSR count). The van der Waals surface area contributed by atoms with E-state index in [1.165, 1.54) is 28.2 Å². The largest absolute Gasteiger partial charge is 0.384 e. The third kappa shape index (κ3) is 1.66. The van der Waals surface area contributed by atoms with Crippen LogP contribution in [0, 0.1) is 0 Å². The van der Waals surface area contributed by atoms with Gasteiger partial charge in [-0.25, -0.2) is 0 Å². The summed E-state index contributed by atoms with van der Waals surface area (Å²) in [6.45, 7) is 5.58. The highest BCUT2D eigenvalue weighted by Gasteiger charge is 2.32. The van der Waals surface area contributed by atoms with Crippen molar-refractivity contribution in [1.82, 2.24) is 0 Å². The highest BCUT2D eigenvalue weighted by molar-refractivity contribution is 5.82. The summed E-state index contributed by atoms with van der Waals surface area (Å²) in [4.78, 5) is 0. The molecule has 0 aliphatic carbocycles. The van der Waals surface area contributed by atoms with Crippen LogP contribution in [0.1, 0.15) is 31.1 Å². The van der Waals surface area contributed by atoms with Gasteiger partial charge in [-0.2, -0.15) is 0 Å². The van der Waals surface area contributed by atoms with Crippen molar-refractivity contribution in [2.75, 3.05) is 22.5 Å². The lowest BCUT2D eigenvalue weighted by Gasteiger charge is -2.17. The Morgan fingerprint density at radius 1 is 0.950 bits per heavy atom. The topological polar surface area (TPSA) is 36.1 Å². The molecular weight excluding hydrogens is 246 g/mol. The molecule has 0 fully saturated rings. The second-order valence-corrected chi connectivity index (χ2v) is 6.31. The second-order valence-electron chi connectivity index (χ2n) is 6.31. The number of hydrogen-bond acceptors (Lipinski definition) is 3. The maximum Gasteiger partial charge on any atom is 0.123 e. The first kappa shape index (κ1) is 11.6. The SMILES string of the molecule is CC1(C)CNc2cc3c(cc21)NC(c1ccccc1)N3. The zero-order valence-corrected chi connectivity index (χ0v) is 11.8. The summed E-state index contributed by atoms with van der Waals surface area (Å²) in [5.74, 6) is 0. The summed E-state index contributed by atoms with van der Waals surface area (Å²) >= 11 is 0. The standard InChI is InChI=1S/C17H19N3/c1-17(2)10-18-13-9-15-14(8-12(13)17)19-16(20-15)11-6-4-3-5-7-11/h3-9,16,18-20H,10H2,1-2H3. The molecule has 102 valence electrons. The molecule has 3 nitrogen and oxygen atoms in total. The monoisotopic (exact) mass is 265 g/mol. The van der Waals surface area contributed by atoms with E-state index in [2.05, 4.69) is 66.2 Å². The van der Waals surface area contributed by atoms with Crippen LogP contribution in [0.25, 0.3) is 0 Å². The molecule has 1 atom stereocenters. The molecule has 2 aromatic carbocycles. The molecule has 3 heteroatoms. The first-order chi connectivity index (χ1) is 9.63. The van der Waals surface area contributed by atoms with Gasteiger partial charge in [0.25, 0.3) is 0 Å². The summed E-state index contributed by atoms with van der Waals surface area (Å²) < 4.78 is 0. The van der Waals surface area contributed by atoms with Gasteiger partial charge >= 0.3 is 0 Å². The van der Waals surface area contributed by atoms with Gasteiger partial charge in [0.15, 0.2) is 0 Å². The van der Waals surface area contributed by atoms with Crippen LogP contribution < -0.4 is 16.0 Å². The molecule has 3 N–H and O–H groups in total. The van der Waals surface area contributed by atoms with Gasteiger partial charge < -0.3 is 16.0 Å². The number of benzene rings is 2. The molecule has 2 heterocycles. The van der Waals surface area contributed by atoms with Crippen LogP contribution in [0.15, 0.2) is 42.5 Å². The fourth-order valence-corrected chi connectivity index (χ4v) is 3.12. The van der Waals surface area contributed by atoms with E-state index in [1.807, 2.05) is 6.07 Å². The van der Waals surface area contributed by atoms with Crippen LogP contribution in [0.5, 0.6) is 0 Å². The Bertz CT molecular complexity index is 661. The van der Waals surface area contributed by atoms with E-state index in [-0.39, 0.29) is 11.6 Å². The fraction of sp³-hybridized carbons (Fsp3) is 0.294. The molecule has 0 aromatic heterocycles. The van der Waals surface area contributed by atoms with Crippen LogP contribution in [-0.4, -0.2) is 6.54 Å². The maximum atomic E-state index is 3.58. The van der Waals surface area contributed by atoms with Crippen molar-refractivity contribution in [1.29, 1.82) is 0 Å². The molecule has 20 heavy (non-hydrogen) atoms. The molecule has 0 amide bonds. The summed E-state index contributed by atoms with van der Waals surface area (Å²) in [6.07, 6.45) is 0.164. The Kier molecular flexibility index (Phi) is 2.28. The average molecular weight is 265 g/mol. The summed E-state index contributed by atoms with van der Waals surface area (Å²) in [6, 6.07) is 15.0. The molecule has 0 saturated heterocycles. The van der Waals surface area contributed by atoms with E-state index in [4.69, 9.17) is 0 Å². The first-order valence-electron chi connectivity index (χ1n) is 7.14. The number of fused-ring (bicyclic) bond motifs is 2. The van der Waals surface area contributed by atoms with Crippen LogP contribution in [0.3, 0.4) is 0 Å². The first-order valence-corrected chi connectivity index (χ1v) is 7.14. The Morgan fingerprint density at radius 3 is 2.40 bits per heavy atom. The van der Waals surface area contributed by atoms with Gasteiger partial charge in [-0.05, 0) is 23.3 Å². The van der Waals surface area contributed by atoms with E-state index in [0.29, 0.717) is 0 Å². The van der Waals surface area contributed by atoms with Gasteiger partial charge in [0, 0.05) is 17.6 Å². The molecule has 2 aliphatic rings. The van der Waals surface area contributed by atoms with Gasteiger partial charge in [0.05, 0.1) is 11.4 Å².